The summed E-state index contributed by atoms with van der Waals surface area (Å²) >= 11 is 0. The van der Waals surface area contributed by atoms with E-state index in [1.807, 2.05) is 32.9 Å². The summed E-state index contributed by atoms with van der Waals surface area (Å²) in [6, 6.07) is 3.72. The smallest absolute Gasteiger partial charge is 0.410 e. The Balaban J connectivity index is 1.93. The number of hydrogen-bond acceptors (Lipinski definition) is 9. The predicted molar refractivity (Wildman–Crippen MR) is 144 cm³/mol. The van der Waals surface area contributed by atoms with Gasteiger partial charge in [0.2, 0.25) is 5.95 Å². The summed E-state index contributed by atoms with van der Waals surface area (Å²) < 4.78 is 18.5. The van der Waals surface area contributed by atoms with Crippen LogP contribution in [0.25, 0.3) is 21.5 Å². The highest BCUT2D eigenvalue weighted by Gasteiger charge is 2.21. The van der Waals surface area contributed by atoms with Crippen LogP contribution in [-0.4, -0.2) is 64.2 Å². The number of ether oxygens (including phenoxy) is 3. The Labute approximate surface area is 221 Å². The molecule has 13 nitrogen and oxygen atoms in total. The van der Waals surface area contributed by atoms with E-state index in [9.17, 15) is 4.79 Å². The van der Waals surface area contributed by atoms with Crippen molar-refractivity contribution >= 4 is 28.9 Å². The minimum atomic E-state index is -0.588. The van der Waals surface area contributed by atoms with Gasteiger partial charge in [0, 0.05) is 25.0 Å². The highest BCUT2D eigenvalue weighted by Crippen LogP contribution is 2.33. The molecule has 204 valence electrons. The van der Waals surface area contributed by atoms with E-state index in [0.29, 0.717) is 48.0 Å². The van der Waals surface area contributed by atoms with E-state index in [1.165, 1.54) is 4.90 Å². The van der Waals surface area contributed by atoms with E-state index < -0.39 is 11.7 Å². The number of unbranched alkanes of at least 4 members (excludes halogenated alkanes) is 1. The molecule has 2 heterocycles. The van der Waals surface area contributed by atoms with Gasteiger partial charge in [0.15, 0.2) is 11.3 Å². The number of anilines is 1. The SMILES string of the molecule is CCCCNc1nc(N=[N+]=[N-])nc2cn(Cc3c(OC)cc(CN(C)C(=O)OC(C)(C)C)cc3OC)nc12. The van der Waals surface area contributed by atoms with Gasteiger partial charge in [0.05, 0.1) is 32.5 Å². The number of azide groups is 1. The summed E-state index contributed by atoms with van der Waals surface area (Å²) in [7, 11) is 4.83. The first-order valence-electron chi connectivity index (χ1n) is 12.3. The molecule has 0 saturated carbocycles. The number of methoxy groups -OCH3 is 2. The Morgan fingerprint density at radius 2 is 1.89 bits per heavy atom. The van der Waals surface area contributed by atoms with Gasteiger partial charge in [0.25, 0.3) is 0 Å². The van der Waals surface area contributed by atoms with Crippen molar-refractivity contribution < 1.29 is 19.0 Å². The molecule has 2 aromatic heterocycles. The van der Waals surface area contributed by atoms with Gasteiger partial charge >= 0.3 is 6.09 Å². The van der Waals surface area contributed by atoms with Crippen LogP contribution in [-0.2, 0) is 17.8 Å². The summed E-state index contributed by atoms with van der Waals surface area (Å²) in [4.78, 5) is 25.4. The van der Waals surface area contributed by atoms with Crippen LogP contribution in [0.1, 0.15) is 51.7 Å². The van der Waals surface area contributed by atoms with Gasteiger partial charge in [-0.1, -0.05) is 13.3 Å². The van der Waals surface area contributed by atoms with Gasteiger partial charge in [0.1, 0.15) is 22.6 Å². The molecule has 0 aliphatic carbocycles. The zero-order valence-corrected chi connectivity index (χ0v) is 23.0. The number of amides is 1. The van der Waals surface area contributed by atoms with Gasteiger partial charge in [-0.2, -0.15) is 5.10 Å². The lowest BCUT2D eigenvalue weighted by Crippen LogP contribution is -2.33. The Bertz CT molecular complexity index is 1300. The third-order valence-electron chi connectivity index (χ3n) is 5.47. The molecule has 0 bridgehead atoms. The molecule has 1 amide bonds. The van der Waals surface area contributed by atoms with Crippen molar-refractivity contribution in [3.8, 4) is 11.5 Å². The molecule has 0 saturated heterocycles. The third-order valence-corrected chi connectivity index (χ3v) is 5.47. The fraction of sp³-hybridized carbons (Fsp3) is 0.520. The molecular formula is C25H35N9O4. The molecule has 0 aliphatic heterocycles. The topological polar surface area (TPSA) is 152 Å². The highest BCUT2D eigenvalue weighted by atomic mass is 16.6. The van der Waals surface area contributed by atoms with Crippen LogP contribution in [0, 0.1) is 0 Å². The van der Waals surface area contributed by atoms with Gasteiger partial charge in [-0.25, -0.2) is 14.8 Å². The summed E-state index contributed by atoms with van der Waals surface area (Å²) in [6.07, 6.45) is 3.29. The van der Waals surface area contributed by atoms with Crippen LogP contribution < -0.4 is 14.8 Å². The molecule has 13 heteroatoms. The average molecular weight is 526 g/mol. The Kier molecular flexibility index (Phi) is 9.19. The van der Waals surface area contributed by atoms with Crippen molar-refractivity contribution in [2.45, 2.75) is 59.2 Å². The molecular weight excluding hydrogens is 490 g/mol. The summed E-state index contributed by atoms with van der Waals surface area (Å²) in [6.45, 7) is 8.89. The van der Waals surface area contributed by atoms with Crippen LogP contribution in [0.3, 0.4) is 0 Å². The number of rotatable bonds is 11. The molecule has 0 spiro atoms. The first kappa shape index (κ1) is 28.3. The van der Waals surface area contributed by atoms with Crippen molar-refractivity contribution in [1.82, 2.24) is 24.6 Å². The standard InChI is InChI=1S/C25H35N9O4/c1-8-9-10-27-22-21-18(28-23(29-22)30-32-26)15-34(31-21)14-17-19(36-6)11-16(12-20(17)37-7)13-33(5)24(35)38-25(2,3)4/h11-12,15H,8-10,13-14H2,1-7H3,(H,27,28,29). The summed E-state index contributed by atoms with van der Waals surface area (Å²) in [5.41, 5.74) is 10.9. The number of fused-ring (bicyclic) bond motifs is 1. The molecule has 0 radical (unpaired) electrons. The number of nitrogens with zero attached hydrogens (tertiary/aromatic N) is 8. The van der Waals surface area contributed by atoms with Crippen LogP contribution >= 0.6 is 0 Å². The van der Waals surface area contributed by atoms with E-state index in [-0.39, 0.29) is 5.95 Å². The predicted octanol–water partition coefficient (Wildman–Crippen LogP) is 5.41. The molecule has 0 unspecified atom stereocenters. The average Bonchev–Trinajstić information content (AvgIpc) is 3.26. The number of benzene rings is 1. The zero-order chi connectivity index (χ0) is 27.9. The second-order valence-corrected chi connectivity index (χ2v) is 9.72. The highest BCUT2D eigenvalue weighted by molar-refractivity contribution is 5.85. The van der Waals surface area contributed by atoms with E-state index >= 15 is 0 Å². The molecule has 3 aromatic rings. The summed E-state index contributed by atoms with van der Waals surface area (Å²) in [5, 5.41) is 11.5. The number of carbonyl (C=O) groups is 1. The molecule has 38 heavy (non-hydrogen) atoms. The number of aromatic nitrogens is 4. The lowest BCUT2D eigenvalue weighted by Gasteiger charge is -2.25. The van der Waals surface area contributed by atoms with E-state index in [0.717, 1.165) is 24.0 Å². The Morgan fingerprint density at radius 1 is 1.21 bits per heavy atom. The van der Waals surface area contributed by atoms with Crippen LogP contribution in [0.2, 0.25) is 0 Å². The van der Waals surface area contributed by atoms with Gasteiger partial charge in [-0.15, -0.1) is 0 Å². The van der Waals surface area contributed by atoms with Crippen molar-refractivity contribution in [1.29, 1.82) is 0 Å². The fourth-order valence-corrected chi connectivity index (χ4v) is 3.75. The Hall–Kier alpha value is -4.25. The lowest BCUT2D eigenvalue weighted by atomic mass is 10.1. The third kappa shape index (κ3) is 7.16. The lowest BCUT2D eigenvalue weighted by molar-refractivity contribution is 0.0285. The molecule has 0 fully saturated rings. The van der Waals surface area contributed by atoms with Crippen molar-refractivity contribution in [3.63, 3.8) is 0 Å². The first-order chi connectivity index (χ1) is 18.1. The largest absolute Gasteiger partial charge is 0.496 e. The molecule has 0 atom stereocenters. The molecule has 0 aliphatic rings. The van der Waals surface area contributed by atoms with Crippen molar-refractivity contribution in [2.75, 3.05) is 33.1 Å². The van der Waals surface area contributed by atoms with E-state index in [1.54, 1.807) is 32.1 Å². The monoisotopic (exact) mass is 525 g/mol. The second kappa shape index (κ2) is 12.3. The quantitative estimate of drug-likeness (QED) is 0.151. The number of carbonyl (C=O) groups excluding carboxylic acids is 1. The molecule has 1 N–H and O–H groups in total. The van der Waals surface area contributed by atoms with Gasteiger partial charge < -0.3 is 24.4 Å². The Morgan fingerprint density at radius 3 is 2.47 bits per heavy atom. The normalized spacial score (nSPS) is 11.1. The maximum atomic E-state index is 12.4. The minimum absolute atomic E-state index is 0.0205. The number of hydrogen-bond donors (Lipinski definition) is 1. The first-order valence-corrected chi connectivity index (χ1v) is 12.3. The fourth-order valence-electron chi connectivity index (χ4n) is 3.75. The summed E-state index contributed by atoms with van der Waals surface area (Å²) in [5.74, 6) is 1.69. The minimum Gasteiger partial charge on any atom is -0.496 e. The van der Waals surface area contributed by atoms with Crippen LogP contribution in [0.15, 0.2) is 23.4 Å². The molecule has 1 aromatic carbocycles. The maximum absolute atomic E-state index is 12.4. The second-order valence-electron chi connectivity index (χ2n) is 9.72. The van der Waals surface area contributed by atoms with Crippen molar-refractivity contribution in [2.24, 2.45) is 5.11 Å². The van der Waals surface area contributed by atoms with Crippen molar-refractivity contribution in [3.05, 3.63) is 39.9 Å². The van der Waals surface area contributed by atoms with Gasteiger partial charge in [-0.05, 0) is 55.5 Å². The maximum Gasteiger partial charge on any atom is 0.410 e. The number of nitrogens with one attached hydrogen (secondary N) is 1. The molecule has 3 rings (SSSR count). The van der Waals surface area contributed by atoms with Crippen LogP contribution in [0.4, 0.5) is 16.6 Å². The van der Waals surface area contributed by atoms with Gasteiger partial charge in [-0.3, -0.25) is 4.68 Å². The van der Waals surface area contributed by atoms with Crippen LogP contribution in [0.5, 0.6) is 11.5 Å². The van der Waals surface area contributed by atoms with E-state index in [4.69, 9.17) is 19.7 Å². The van der Waals surface area contributed by atoms with E-state index in [2.05, 4.69) is 37.3 Å². The zero-order valence-electron chi connectivity index (χ0n) is 23.0.